The molecule has 0 radical (unpaired) electrons. The summed E-state index contributed by atoms with van der Waals surface area (Å²) < 4.78 is 36.8. The van der Waals surface area contributed by atoms with Gasteiger partial charge in [0, 0.05) is 25.8 Å². The second-order valence-electron chi connectivity index (χ2n) is 9.28. The maximum absolute atomic E-state index is 15.2. The van der Waals surface area contributed by atoms with Crippen molar-refractivity contribution in [3.63, 3.8) is 0 Å². The van der Waals surface area contributed by atoms with Gasteiger partial charge in [-0.2, -0.15) is 4.98 Å². The van der Waals surface area contributed by atoms with E-state index >= 15 is 4.39 Å². The Morgan fingerprint density at radius 2 is 2.03 bits per heavy atom. The highest BCUT2D eigenvalue weighted by atomic mass is 19.1. The first-order valence-corrected chi connectivity index (χ1v) is 11.8. The van der Waals surface area contributed by atoms with Crippen molar-refractivity contribution in [3.8, 4) is 11.3 Å². The average Bonchev–Trinajstić information content (AvgIpc) is 3.10. The summed E-state index contributed by atoms with van der Waals surface area (Å²) in [4.78, 5) is 15.7. The van der Waals surface area contributed by atoms with Crippen LogP contribution in [0.25, 0.3) is 16.8 Å². The highest BCUT2D eigenvalue weighted by Crippen LogP contribution is 2.34. The Morgan fingerprint density at radius 3 is 2.66 bits per heavy atom. The van der Waals surface area contributed by atoms with Crippen LogP contribution in [0.4, 0.5) is 26.2 Å². The number of ether oxygens (including phenoxy) is 1. The molecule has 2 atom stereocenters. The van der Waals surface area contributed by atoms with E-state index in [0.29, 0.717) is 60.5 Å². The topological polar surface area (TPSA) is 92.0 Å². The minimum absolute atomic E-state index is 0.240. The van der Waals surface area contributed by atoms with Crippen LogP contribution in [0.15, 0.2) is 23.3 Å². The molecule has 2 unspecified atom stereocenters. The lowest BCUT2D eigenvalue weighted by atomic mass is 10.0. The number of halogens is 2. The van der Waals surface area contributed by atoms with Crippen molar-refractivity contribution in [2.24, 2.45) is 4.99 Å². The van der Waals surface area contributed by atoms with Crippen LogP contribution in [0.5, 0.6) is 0 Å². The molecule has 0 aliphatic carbocycles. The van der Waals surface area contributed by atoms with Crippen molar-refractivity contribution < 1.29 is 13.5 Å². The van der Waals surface area contributed by atoms with Crippen molar-refractivity contribution in [2.45, 2.75) is 45.4 Å². The normalized spacial score (nSPS) is 21.1. The maximum Gasteiger partial charge on any atom is 0.243 e. The second kappa shape index (κ2) is 9.46. The third kappa shape index (κ3) is 4.57. The van der Waals surface area contributed by atoms with Gasteiger partial charge < -0.3 is 15.4 Å². The predicted molar refractivity (Wildman–Crippen MR) is 132 cm³/mol. The lowest BCUT2D eigenvalue weighted by Gasteiger charge is -2.42. The van der Waals surface area contributed by atoms with E-state index in [1.165, 1.54) is 10.7 Å². The monoisotopic (exact) mass is 484 g/mol. The van der Waals surface area contributed by atoms with Gasteiger partial charge in [0.05, 0.1) is 54.1 Å². The molecule has 0 saturated carbocycles. The first-order chi connectivity index (χ1) is 16.8. The lowest BCUT2D eigenvalue weighted by molar-refractivity contribution is -0.0794. The van der Waals surface area contributed by atoms with E-state index in [9.17, 15) is 4.39 Å². The maximum atomic E-state index is 15.2. The zero-order valence-electron chi connectivity index (χ0n) is 20.3. The first-order valence-electron chi connectivity index (χ1n) is 11.8. The standard InChI is InChI=1S/C24H30F2N8O/c1-13(2)28-18-5-6-20(29-14(18)3)21-17(26)10-34-22(21)23(27-4)31-24(32-34)30-19-7-8-33(9-16(19)25)15-11-35-12-15/h5-6,10,15-16,19H,7-9,11-12H2,1-4H3,(H2,27,30,31,32). The molecule has 186 valence electrons. The number of likely N-dealkylation sites (tertiary alicyclic amines) is 1. The van der Waals surface area contributed by atoms with Crippen LogP contribution in [0.3, 0.4) is 0 Å². The van der Waals surface area contributed by atoms with Crippen LogP contribution in [-0.2, 0) is 4.74 Å². The molecule has 11 heteroatoms. The number of piperidine rings is 1. The van der Waals surface area contributed by atoms with Gasteiger partial charge in [0.1, 0.15) is 11.7 Å². The molecule has 0 amide bonds. The van der Waals surface area contributed by atoms with Gasteiger partial charge >= 0.3 is 0 Å². The van der Waals surface area contributed by atoms with Crippen molar-refractivity contribution in [1.29, 1.82) is 0 Å². The summed E-state index contributed by atoms with van der Waals surface area (Å²) in [5.74, 6) is 0.192. The minimum Gasteiger partial charge on any atom is -0.378 e. The van der Waals surface area contributed by atoms with Gasteiger partial charge in [-0.05, 0) is 39.3 Å². The molecule has 2 fully saturated rings. The molecule has 9 nitrogen and oxygen atoms in total. The van der Waals surface area contributed by atoms with Crippen molar-refractivity contribution in [2.75, 3.05) is 44.0 Å². The zero-order valence-corrected chi connectivity index (χ0v) is 20.3. The van der Waals surface area contributed by atoms with Crippen LogP contribution >= 0.6 is 0 Å². The molecule has 2 N–H and O–H groups in total. The van der Waals surface area contributed by atoms with E-state index < -0.39 is 18.0 Å². The molecule has 2 saturated heterocycles. The number of nitrogens with one attached hydrogen (secondary N) is 2. The summed E-state index contributed by atoms with van der Waals surface area (Å²) in [7, 11) is 1.71. The van der Waals surface area contributed by atoms with E-state index in [4.69, 9.17) is 4.74 Å². The van der Waals surface area contributed by atoms with Gasteiger partial charge in [-0.1, -0.05) is 0 Å². The fraction of sp³-hybridized carbons (Fsp3) is 0.500. The van der Waals surface area contributed by atoms with Crippen molar-refractivity contribution in [3.05, 3.63) is 29.8 Å². The third-order valence-electron chi connectivity index (χ3n) is 6.50. The number of fused-ring (bicyclic) bond motifs is 1. The summed E-state index contributed by atoms with van der Waals surface area (Å²) in [6.45, 7) is 8.12. The highest BCUT2D eigenvalue weighted by Gasteiger charge is 2.35. The van der Waals surface area contributed by atoms with E-state index in [1.54, 1.807) is 13.1 Å². The molecular weight excluding hydrogens is 454 g/mol. The van der Waals surface area contributed by atoms with Gasteiger partial charge in [-0.3, -0.25) is 14.9 Å². The smallest absolute Gasteiger partial charge is 0.243 e. The number of hydrogen-bond donors (Lipinski definition) is 2. The molecule has 0 spiro atoms. The molecule has 0 aromatic carbocycles. The van der Waals surface area contributed by atoms with Crippen LogP contribution in [0.2, 0.25) is 0 Å². The number of anilines is 2. The molecule has 0 bridgehead atoms. The number of pyridine rings is 1. The Morgan fingerprint density at radius 1 is 1.23 bits per heavy atom. The molecule has 2 aliphatic rings. The van der Waals surface area contributed by atoms with Gasteiger partial charge in [0.2, 0.25) is 5.95 Å². The second-order valence-corrected chi connectivity index (χ2v) is 9.28. The Bertz CT molecular complexity index is 1270. The van der Waals surface area contributed by atoms with Crippen LogP contribution in [0, 0.1) is 12.7 Å². The summed E-state index contributed by atoms with van der Waals surface area (Å²) in [6.07, 6.45) is 0.844. The van der Waals surface area contributed by atoms with Gasteiger partial charge in [-0.25, -0.2) is 13.3 Å². The quantitative estimate of drug-likeness (QED) is 0.517. The Kier molecular flexibility index (Phi) is 6.37. The van der Waals surface area contributed by atoms with E-state index in [-0.39, 0.29) is 5.95 Å². The molecular formula is C24H30F2N8O. The Balaban J connectivity index is 1.44. The molecule has 2 aliphatic heterocycles. The van der Waals surface area contributed by atoms with Gasteiger partial charge in [0.25, 0.3) is 0 Å². The fourth-order valence-electron chi connectivity index (χ4n) is 4.61. The molecule has 5 heterocycles. The van der Waals surface area contributed by atoms with Gasteiger partial charge in [0.15, 0.2) is 11.6 Å². The molecule has 3 aromatic rings. The van der Waals surface area contributed by atoms with E-state index in [1.807, 2.05) is 26.8 Å². The Labute approximate surface area is 202 Å². The summed E-state index contributed by atoms with van der Waals surface area (Å²) in [6, 6.07) is 3.46. The largest absolute Gasteiger partial charge is 0.378 e. The van der Waals surface area contributed by atoms with Crippen molar-refractivity contribution in [1.82, 2.24) is 24.5 Å². The average molecular weight is 485 g/mol. The van der Waals surface area contributed by atoms with Crippen molar-refractivity contribution >= 4 is 28.7 Å². The number of hydrogen-bond acceptors (Lipinski definition) is 8. The SMILES string of the molecule is CNc1nc(NC2CCN(C3COC3)CC2F)nn2cc(F)c(-c3ccc(N=C(C)C)c(C)n3)c12. The Hall–Kier alpha value is -3.18. The van der Waals surface area contributed by atoms with E-state index in [0.717, 1.165) is 17.9 Å². The van der Waals surface area contributed by atoms with Crippen LogP contribution in [-0.4, -0.2) is 81.8 Å². The predicted octanol–water partition coefficient (Wildman–Crippen LogP) is 3.62. The minimum atomic E-state index is -1.07. The third-order valence-corrected chi connectivity index (χ3v) is 6.50. The van der Waals surface area contributed by atoms with Crippen LogP contribution in [0.1, 0.15) is 26.0 Å². The van der Waals surface area contributed by atoms with E-state index in [2.05, 4.69) is 35.6 Å². The zero-order chi connectivity index (χ0) is 24.7. The molecule has 3 aromatic heterocycles. The summed E-state index contributed by atoms with van der Waals surface area (Å²) in [5, 5.41) is 10.6. The highest BCUT2D eigenvalue weighted by molar-refractivity contribution is 5.88. The molecule has 5 rings (SSSR count). The number of aryl methyl sites for hydroxylation is 1. The van der Waals surface area contributed by atoms with Crippen LogP contribution < -0.4 is 10.6 Å². The van der Waals surface area contributed by atoms with Gasteiger partial charge in [-0.15, -0.1) is 5.10 Å². The number of aromatic nitrogens is 4. The first kappa shape index (κ1) is 23.6. The summed E-state index contributed by atoms with van der Waals surface area (Å²) in [5.41, 5.74) is 3.57. The number of rotatable bonds is 6. The number of nitrogens with zero attached hydrogens (tertiary/aromatic N) is 6. The molecule has 35 heavy (non-hydrogen) atoms. The lowest BCUT2D eigenvalue weighted by Crippen LogP contribution is -2.57. The number of alkyl halides is 1. The fourth-order valence-corrected chi connectivity index (χ4v) is 4.61. The number of aliphatic imine (C=N–C) groups is 1. The summed E-state index contributed by atoms with van der Waals surface area (Å²) >= 11 is 0.